The van der Waals surface area contributed by atoms with E-state index < -0.39 is 12.1 Å². The highest BCUT2D eigenvalue weighted by Gasteiger charge is 2.36. The number of ether oxygens (including phenoxy) is 1. The summed E-state index contributed by atoms with van der Waals surface area (Å²) in [6.07, 6.45) is 1.52. The summed E-state index contributed by atoms with van der Waals surface area (Å²) >= 11 is 0. The number of allylic oxidation sites excluding steroid dienone is 2. The number of aliphatic carboxylic acids is 1. The summed E-state index contributed by atoms with van der Waals surface area (Å²) in [6.45, 7) is 5.11. The van der Waals surface area contributed by atoms with E-state index in [1.807, 2.05) is 32.0 Å². The van der Waals surface area contributed by atoms with Gasteiger partial charge in [-0.1, -0.05) is 12.1 Å². The van der Waals surface area contributed by atoms with Crippen LogP contribution in [-0.4, -0.2) is 72.3 Å². The van der Waals surface area contributed by atoms with Crippen LogP contribution in [0.2, 0.25) is 0 Å². The highest BCUT2D eigenvalue weighted by atomic mass is 19.1. The molecule has 0 bridgehead atoms. The first-order valence-corrected chi connectivity index (χ1v) is 9.04. The fourth-order valence-electron chi connectivity index (χ4n) is 3.67. The summed E-state index contributed by atoms with van der Waals surface area (Å²) in [5, 5.41) is 9.82. The highest BCUT2D eigenvalue weighted by molar-refractivity contribution is 5.90. The molecule has 0 saturated carbocycles. The van der Waals surface area contributed by atoms with Gasteiger partial charge in [-0.05, 0) is 50.4 Å². The highest BCUT2D eigenvalue weighted by Crippen LogP contribution is 2.32. The lowest BCUT2D eigenvalue weighted by molar-refractivity contribution is -0.134. The number of nitrogens with zero attached hydrogens (tertiary/aromatic N) is 3. The van der Waals surface area contributed by atoms with Crippen molar-refractivity contribution in [1.29, 1.82) is 0 Å². The number of halogens is 1. The minimum atomic E-state index is -0.924. The van der Waals surface area contributed by atoms with Crippen LogP contribution in [0, 0.1) is 5.82 Å². The smallest absolute Gasteiger partial charge is 0.335 e. The summed E-state index contributed by atoms with van der Waals surface area (Å²) in [5.41, 5.74) is 2.03. The Bertz CT molecular complexity index is 752. The van der Waals surface area contributed by atoms with Gasteiger partial charge in [-0.3, -0.25) is 4.90 Å². The Labute approximate surface area is 159 Å². The third-order valence-electron chi connectivity index (χ3n) is 4.94. The van der Waals surface area contributed by atoms with Crippen LogP contribution >= 0.6 is 0 Å². The van der Waals surface area contributed by atoms with E-state index in [0.29, 0.717) is 25.3 Å². The van der Waals surface area contributed by atoms with Crippen LogP contribution < -0.4 is 0 Å². The van der Waals surface area contributed by atoms with Crippen molar-refractivity contribution in [3.05, 3.63) is 58.7 Å². The minimum Gasteiger partial charge on any atom is -0.478 e. The number of rotatable bonds is 5. The van der Waals surface area contributed by atoms with Crippen LogP contribution in [0.3, 0.4) is 0 Å². The van der Waals surface area contributed by atoms with Gasteiger partial charge in [0.05, 0.1) is 18.8 Å². The van der Waals surface area contributed by atoms with E-state index in [1.165, 1.54) is 12.1 Å². The van der Waals surface area contributed by atoms with Crippen LogP contribution in [-0.2, 0) is 16.1 Å². The third-order valence-corrected chi connectivity index (χ3v) is 4.94. The topological polar surface area (TPSA) is 56.2 Å². The molecule has 146 valence electrons. The second-order valence-electron chi connectivity index (χ2n) is 7.10. The second-order valence-corrected chi connectivity index (χ2v) is 7.10. The maximum absolute atomic E-state index is 13.3. The lowest BCUT2D eigenvalue weighted by atomic mass is 9.99. The zero-order valence-electron chi connectivity index (χ0n) is 16.0. The zero-order chi connectivity index (χ0) is 19.6. The fraction of sp³-hybridized carbons (Fsp3) is 0.450. The van der Waals surface area contributed by atoms with Gasteiger partial charge in [-0.15, -0.1) is 0 Å². The van der Waals surface area contributed by atoms with Crippen molar-refractivity contribution in [2.45, 2.75) is 19.6 Å². The van der Waals surface area contributed by atoms with Gasteiger partial charge in [0.1, 0.15) is 17.8 Å². The van der Waals surface area contributed by atoms with Gasteiger partial charge in [-0.2, -0.15) is 0 Å². The summed E-state index contributed by atoms with van der Waals surface area (Å²) in [6, 6.07) is 6.34. The van der Waals surface area contributed by atoms with E-state index in [9.17, 15) is 14.3 Å². The summed E-state index contributed by atoms with van der Waals surface area (Å²) in [7, 11) is 3.75. The first-order valence-electron chi connectivity index (χ1n) is 9.04. The van der Waals surface area contributed by atoms with Crippen LogP contribution in [0.1, 0.15) is 12.5 Å². The molecule has 2 aliphatic rings. The molecule has 0 aromatic heterocycles. The van der Waals surface area contributed by atoms with Crippen molar-refractivity contribution in [2.24, 2.45) is 0 Å². The molecule has 1 unspecified atom stereocenters. The summed E-state index contributed by atoms with van der Waals surface area (Å²) in [5.74, 6) is -0.233. The molecule has 0 aliphatic carbocycles. The summed E-state index contributed by atoms with van der Waals surface area (Å²) < 4.78 is 18.8. The van der Waals surface area contributed by atoms with Gasteiger partial charge < -0.3 is 19.6 Å². The Hall–Kier alpha value is -2.38. The third kappa shape index (κ3) is 4.14. The second kappa shape index (κ2) is 8.10. The first kappa shape index (κ1) is 19.4. The van der Waals surface area contributed by atoms with Crippen molar-refractivity contribution in [1.82, 2.24) is 14.7 Å². The number of hydrogen-bond acceptors (Lipinski definition) is 5. The molecule has 7 heteroatoms. The number of carbonyl (C=O) groups is 1. The molecule has 2 aliphatic heterocycles. The number of likely N-dealkylation sites (N-methyl/N-ethyl adjacent to an activating group) is 1. The molecule has 2 heterocycles. The number of morpholine rings is 1. The lowest BCUT2D eigenvalue weighted by Gasteiger charge is -2.46. The molecule has 1 aromatic carbocycles. The quantitative estimate of drug-likeness (QED) is 0.851. The standard InChI is InChI=1S/C20H26FN3O3/c1-14-12-17(23-8-10-27-11-9-23)24(13-15-4-6-16(21)7-5-15)19(22(2)3)18(14)20(25)26/h4-7,12,19H,8-11,13H2,1-3H3,(H,25,26). The predicted molar refractivity (Wildman–Crippen MR) is 100 cm³/mol. The number of carboxylic acid groups (broad SMARTS) is 1. The van der Waals surface area contributed by atoms with Gasteiger partial charge in [0.15, 0.2) is 0 Å². The Balaban J connectivity index is 2.03. The molecule has 0 spiro atoms. The van der Waals surface area contributed by atoms with E-state index in [0.717, 1.165) is 30.0 Å². The van der Waals surface area contributed by atoms with E-state index in [-0.39, 0.29) is 5.82 Å². The predicted octanol–water partition coefficient (Wildman–Crippen LogP) is 2.10. The van der Waals surface area contributed by atoms with Gasteiger partial charge >= 0.3 is 5.97 Å². The van der Waals surface area contributed by atoms with Gasteiger partial charge in [0, 0.05) is 19.6 Å². The van der Waals surface area contributed by atoms with Crippen molar-refractivity contribution in [3.8, 4) is 0 Å². The van der Waals surface area contributed by atoms with E-state index >= 15 is 0 Å². The molecule has 0 amide bonds. The molecule has 27 heavy (non-hydrogen) atoms. The summed E-state index contributed by atoms with van der Waals surface area (Å²) in [4.78, 5) is 18.2. The Morgan fingerprint density at radius 1 is 1.26 bits per heavy atom. The largest absolute Gasteiger partial charge is 0.478 e. The molecule has 1 N–H and O–H groups in total. The number of hydrogen-bond donors (Lipinski definition) is 1. The minimum absolute atomic E-state index is 0.285. The van der Waals surface area contributed by atoms with E-state index in [2.05, 4.69) is 9.80 Å². The Kier molecular flexibility index (Phi) is 5.82. The molecule has 1 atom stereocenters. The molecule has 0 radical (unpaired) electrons. The number of benzene rings is 1. The maximum Gasteiger partial charge on any atom is 0.335 e. The molecule has 1 saturated heterocycles. The Morgan fingerprint density at radius 2 is 1.89 bits per heavy atom. The SMILES string of the molecule is CC1=C(C(=O)O)C(N(C)C)N(Cc2ccc(F)cc2)C(N2CCOCC2)=C1. The van der Waals surface area contributed by atoms with Gasteiger partial charge in [0.2, 0.25) is 0 Å². The molecular formula is C20H26FN3O3. The van der Waals surface area contributed by atoms with Crippen molar-refractivity contribution >= 4 is 5.97 Å². The van der Waals surface area contributed by atoms with Crippen molar-refractivity contribution in [3.63, 3.8) is 0 Å². The lowest BCUT2D eigenvalue weighted by Crippen LogP contribution is -2.53. The van der Waals surface area contributed by atoms with Crippen LogP contribution in [0.4, 0.5) is 4.39 Å². The van der Waals surface area contributed by atoms with Crippen molar-refractivity contribution < 1.29 is 19.0 Å². The van der Waals surface area contributed by atoms with Gasteiger partial charge in [0.25, 0.3) is 0 Å². The van der Waals surface area contributed by atoms with Crippen LogP contribution in [0.5, 0.6) is 0 Å². The maximum atomic E-state index is 13.3. The van der Waals surface area contributed by atoms with Crippen LogP contribution in [0.15, 0.2) is 47.3 Å². The fourth-order valence-corrected chi connectivity index (χ4v) is 3.67. The normalized spacial score (nSPS) is 20.9. The first-order chi connectivity index (χ1) is 12.9. The monoisotopic (exact) mass is 375 g/mol. The average Bonchev–Trinajstić information content (AvgIpc) is 2.64. The van der Waals surface area contributed by atoms with Crippen molar-refractivity contribution in [2.75, 3.05) is 40.4 Å². The number of carboxylic acids is 1. The Morgan fingerprint density at radius 3 is 2.44 bits per heavy atom. The zero-order valence-corrected chi connectivity index (χ0v) is 16.0. The van der Waals surface area contributed by atoms with Crippen LogP contribution in [0.25, 0.3) is 0 Å². The molecule has 1 fully saturated rings. The molecular weight excluding hydrogens is 349 g/mol. The molecule has 1 aromatic rings. The molecule has 3 rings (SSSR count). The average molecular weight is 375 g/mol. The van der Waals surface area contributed by atoms with Gasteiger partial charge in [-0.25, -0.2) is 9.18 Å². The van der Waals surface area contributed by atoms with E-state index in [1.54, 1.807) is 12.1 Å². The van der Waals surface area contributed by atoms with E-state index in [4.69, 9.17) is 4.74 Å². The molecule has 6 nitrogen and oxygen atoms in total.